The number of aryl methyl sites for hydroxylation is 1. The van der Waals surface area contributed by atoms with Crippen molar-refractivity contribution < 1.29 is 17.9 Å². The lowest BCUT2D eigenvalue weighted by molar-refractivity contribution is -0.122. The SMILES string of the molecule is Cc1cc(NC(=O)[C@@H]2CN(S(=O)(=O)Cc3ccccc3)c3ccccc3O2)ccc1Br. The molecule has 4 rings (SSSR count). The average molecular weight is 501 g/mol. The summed E-state index contributed by atoms with van der Waals surface area (Å²) < 4.78 is 34.6. The monoisotopic (exact) mass is 500 g/mol. The van der Waals surface area contributed by atoms with Gasteiger partial charge in [0.05, 0.1) is 18.0 Å². The van der Waals surface area contributed by atoms with Crippen LogP contribution in [0.2, 0.25) is 0 Å². The van der Waals surface area contributed by atoms with Gasteiger partial charge in [0, 0.05) is 10.2 Å². The summed E-state index contributed by atoms with van der Waals surface area (Å²) in [6.45, 7) is 1.82. The summed E-state index contributed by atoms with van der Waals surface area (Å²) in [4.78, 5) is 12.9. The topological polar surface area (TPSA) is 75.7 Å². The van der Waals surface area contributed by atoms with Crippen LogP contribution in [0.1, 0.15) is 11.1 Å². The molecule has 1 N–H and O–H groups in total. The number of sulfonamides is 1. The molecule has 0 spiro atoms. The van der Waals surface area contributed by atoms with Crippen LogP contribution in [0.3, 0.4) is 0 Å². The molecule has 0 saturated carbocycles. The maximum absolute atomic E-state index is 13.3. The Balaban J connectivity index is 1.60. The lowest BCUT2D eigenvalue weighted by Gasteiger charge is -2.34. The highest BCUT2D eigenvalue weighted by Crippen LogP contribution is 2.36. The predicted molar refractivity (Wildman–Crippen MR) is 125 cm³/mol. The minimum absolute atomic E-state index is 0.104. The lowest BCUT2D eigenvalue weighted by atomic mass is 10.2. The van der Waals surface area contributed by atoms with Gasteiger partial charge in [-0.3, -0.25) is 9.10 Å². The Labute approximate surface area is 190 Å². The summed E-state index contributed by atoms with van der Waals surface area (Å²) in [5.74, 6) is -0.212. The van der Waals surface area contributed by atoms with Gasteiger partial charge in [-0.05, 0) is 48.4 Å². The van der Waals surface area contributed by atoms with E-state index in [4.69, 9.17) is 4.74 Å². The third-order valence-corrected chi connectivity index (χ3v) is 7.59. The van der Waals surface area contributed by atoms with E-state index < -0.39 is 22.0 Å². The Bertz CT molecular complexity index is 1220. The van der Waals surface area contributed by atoms with E-state index >= 15 is 0 Å². The number of hydrogen-bond donors (Lipinski definition) is 1. The van der Waals surface area contributed by atoms with Crippen molar-refractivity contribution in [2.75, 3.05) is 16.2 Å². The highest BCUT2D eigenvalue weighted by Gasteiger charge is 2.36. The third-order valence-electron chi connectivity index (χ3n) is 4.98. The number of nitrogens with zero attached hydrogens (tertiary/aromatic N) is 1. The molecule has 0 fully saturated rings. The van der Waals surface area contributed by atoms with E-state index in [-0.39, 0.29) is 12.3 Å². The predicted octanol–water partition coefficient (Wildman–Crippen LogP) is 4.49. The zero-order chi connectivity index (χ0) is 22.0. The third kappa shape index (κ3) is 4.75. The van der Waals surface area contributed by atoms with Crippen LogP contribution < -0.4 is 14.4 Å². The van der Waals surface area contributed by atoms with Gasteiger partial charge in [0.1, 0.15) is 5.75 Å². The molecule has 0 aliphatic carbocycles. The van der Waals surface area contributed by atoms with Crippen molar-refractivity contribution in [3.63, 3.8) is 0 Å². The number of carbonyl (C=O) groups is 1. The van der Waals surface area contributed by atoms with Crippen molar-refractivity contribution in [2.24, 2.45) is 0 Å². The molecule has 8 heteroatoms. The largest absolute Gasteiger partial charge is 0.476 e. The van der Waals surface area contributed by atoms with Crippen LogP contribution >= 0.6 is 15.9 Å². The van der Waals surface area contributed by atoms with E-state index in [1.165, 1.54) is 4.31 Å². The highest BCUT2D eigenvalue weighted by molar-refractivity contribution is 9.10. The van der Waals surface area contributed by atoms with Gasteiger partial charge in [-0.25, -0.2) is 8.42 Å². The van der Waals surface area contributed by atoms with Crippen molar-refractivity contribution in [1.82, 2.24) is 0 Å². The zero-order valence-electron chi connectivity index (χ0n) is 16.8. The first kappa shape index (κ1) is 21.4. The van der Waals surface area contributed by atoms with Crippen LogP contribution in [0.5, 0.6) is 5.75 Å². The molecule has 0 saturated heterocycles. The van der Waals surface area contributed by atoms with E-state index in [2.05, 4.69) is 21.2 Å². The number of para-hydroxylation sites is 2. The summed E-state index contributed by atoms with van der Waals surface area (Å²) >= 11 is 3.44. The number of anilines is 2. The van der Waals surface area contributed by atoms with Gasteiger partial charge >= 0.3 is 0 Å². The van der Waals surface area contributed by atoms with Crippen molar-refractivity contribution in [1.29, 1.82) is 0 Å². The van der Waals surface area contributed by atoms with Crippen molar-refractivity contribution in [2.45, 2.75) is 18.8 Å². The van der Waals surface area contributed by atoms with Gasteiger partial charge in [-0.1, -0.05) is 58.4 Å². The van der Waals surface area contributed by atoms with Gasteiger partial charge in [0.2, 0.25) is 10.0 Å². The molecule has 3 aromatic carbocycles. The molecule has 0 unspecified atom stereocenters. The molecule has 160 valence electrons. The molecular formula is C23H21BrN2O4S. The Morgan fingerprint density at radius 3 is 2.55 bits per heavy atom. The van der Waals surface area contributed by atoms with E-state index in [0.717, 1.165) is 10.0 Å². The van der Waals surface area contributed by atoms with Crippen LogP contribution in [-0.2, 0) is 20.6 Å². The molecule has 1 atom stereocenters. The average Bonchev–Trinajstić information content (AvgIpc) is 2.76. The molecule has 0 bridgehead atoms. The summed E-state index contributed by atoms with van der Waals surface area (Å²) in [5.41, 5.74) is 2.70. The molecule has 6 nitrogen and oxygen atoms in total. The molecule has 1 aliphatic heterocycles. The second-order valence-corrected chi connectivity index (χ2v) is 10.0. The number of rotatable bonds is 5. The lowest BCUT2D eigenvalue weighted by Crippen LogP contribution is -2.49. The van der Waals surface area contributed by atoms with Crippen LogP contribution in [-0.4, -0.2) is 27.0 Å². The molecule has 31 heavy (non-hydrogen) atoms. The van der Waals surface area contributed by atoms with Gasteiger partial charge in [-0.2, -0.15) is 0 Å². The standard InChI is InChI=1S/C23H21BrN2O4S/c1-16-13-18(11-12-19(16)24)25-23(27)22-14-26(20-9-5-6-10-21(20)30-22)31(28,29)15-17-7-3-2-4-8-17/h2-13,22H,14-15H2,1H3,(H,25,27)/t22-/m0/s1. The normalized spacial score (nSPS) is 15.7. The van der Waals surface area contributed by atoms with E-state index in [0.29, 0.717) is 22.7 Å². The number of fused-ring (bicyclic) bond motifs is 1. The number of nitrogens with one attached hydrogen (secondary N) is 1. The Morgan fingerprint density at radius 1 is 1.10 bits per heavy atom. The second kappa shape index (κ2) is 8.72. The molecule has 1 heterocycles. The van der Waals surface area contributed by atoms with E-state index in [9.17, 15) is 13.2 Å². The Hall–Kier alpha value is -2.84. The minimum atomic E-state index is -3.73. The smallest absolute Gasteiger partial charge is 0.267 e. The maximum atomic E-state index is 13.3. The van der Waals surface area contributed by atoms with E-state index in [1.54, 1.807) is 54.6 Å². The first-order valence-electron chi connectivity index (χ1n) is 9.70. The minimum Gasteiger partial charge on any atom is -0.476 e. The summed E-state index contributed by atoms with van der Waals surface area (Å²) in [6, 6.07) is 21.3. The fourth-order valence-corrected chi connectivity index (χ4v) is 5.24. The summed E-state index contributed by atoms with van der Waals surface area (Å²) in [6.07, 6.45) is -0.982. The van der Waals surface area contributed by atoms with Gasteiger partial charge in [0.15, 0.2) is 6.10 Å². The molecule has 1 aliphatic rings. The van der Waals surface area contributed by atoms with Crippen molar-refractivity contribution in [3.8, 4) is 5.75 Å². The molecule has 0 aromatic heterocycles. The molecular weight excluding hydrogens is 480 g/mol. The number of halogens is 1. The molecule has 1 amide bonds. The Kier molecular flexibility index (Phi) is 6.02. The summed E-state index contributed by atoms with van der Waals surface area (Å²) in [7, 11) is -3.73. The van der Waals surface area contributed by atoms with Crippen molar-refractivity contribution in [3.05, 3.63) is 88.4 Å². The highest BCUT2D eigenvalue weighted by atomic mass is 79.9. The van der Waals surface area contributed by atoms with Crippen LogP contribution in [0, 0.1) is 6.92 Å². The molecule has 3 aromatic rings. The van der Waals surface area contributed by atoms with Gasteiger partial charge in [-0.15, -0.1) is 0 Å². The van der Waals surface area contributed by atoms with Gasteiger partial charge in [0.25, 0.3) is 5.91 Å². The van der Waals surface area contributed by atoms with Crippen molar-refractivity contribution >= 4 is 43.2 Å². The van der Waals surface area contributed by atoms with Gasteiger partial charge < -0.3 is 10.1 Å². The number of carbonyl (C=O) groups excluding carboxylic acids is 1. The fourth-order valence-electron chi connectivity index (χ4n) is 3.41. The second-order valence-electron chi connectivity index (χ2n) is 7.30. The Morgan fingerprint density at radius 2 is 1.81 bits per heavy atom. The molecule has 0 radical (unpaired) electrons. The number of benzene rings is 3. The van der Waals surface area contributed by atoms with Crippen LogP contribution in [0.25, 0.3) is 0 Å². The van der Waals surface area contributed by atoms with Crippen LogP contribution in [0.15, 0.2) is 77.3 Å². The van der Waals surface area contributed by atoms with Crippen LogP contribution in [0.4, 0.5) is 11.4 Å². The first-order chi connectivity index (χ1) is 14.8. The van der Waals surface area contributed by atoms with E-state index in [1.807, 2.05) is 25.1 Å². The summed E-state index contributed by atoms with van der Waals surface area (Å²) in [5, 5.41) is 2.83. The maximum Gasteiger partial charge on any atom is 0.267 e. The fraction of sp³-hybridized carbons (Fsp3) is 0.174. The first-order valence-corrected chi connectivity index (χ1v) is 12.1. The zero-order valence-corrected chi connectivity index (χ0v) is 19.2. The number of ether oxygens (including phenoxy) is 1. The number of hydrogen-bond acceptors (Lipinski definition) is 4. The number of amides is 1. The quantitative estimate of drug-likeness (QED) is 0.559.